The van der Waals surface area contributed by atoms with Gasteiger partial charge in [-0.3, -0.25) is 4.79 Å². The van der Waals surface area contributed by atoms with E-state index in [4.69, 9.17) is 0 Å². The molecule has 1 unspecified atom stereocenters. The molecule has 2 aliphatic rings. The molecule has 1 atom stereocenters. The van der Waals surface area contributed by atoms with Crippen LogP contribution < -0.4 is 4.72 Å². The predicted octanol–water partition coefficient (Wildman–Crippen LogP) is 1.21. The first kappa shape index (κ1) is 14.0. The van der Waals surface area contributed by atoms with Crippen LogP contribution in [0.5, 0.6) is 0 Å². The van der Waals surface area contributed by atoms with Gasteiger partial charge in [0.15, 0.2) is 0 Å². The molecule has 1 N–H and O–H groups in total. The van der Waals surface area contributed by atoms with Crippen molar-refractivity contribution in [2.75, 3.05) is 6.54 Å². The van der Waals surface area contributed by atoms with Crippen molar-refractivity contribution < 1.29 is 13.2 Å². The number of ketones is 1. The number of carbonyl (C=O) groups is 1. The SMILES string of the molecule is CC1CCCCN1S(=O)(=O)NC1CCC(=O)CC1. The van der Waals surface area contributed by atoms with Crippen LogP contribution in [-0.2, 0) is 15.0 Å². The fourth-order valence-electron chi connectivity index (χ4n) is 2.76. The molecule has 0 radical (unpaired) electrons. The summed E-state index contributed by atoms with van der Waals surface area (Å²) in [5.41, 5.74) is 0. The second-order valence-corrected chi connectivity index (χ2v) is 7.05. The summed E-state index contributed by atoms with van der Waals surface area (Å²) in [7, 11) is -3.38. The number of Topliss-reactive ketones (excluding diaryl/α,β-unsaturated/α-hetero) is 1. The summed E-state index contributed by atoms with van der Waals surface area (Å²) in [6.45, 7) is 2.57. The summed E-state index contributed by atoms with van der Waals surface area (Å²) in [6.07, 6.45) is 5.26. The molecule has 0 spiro atoms. The second kappa shape index (κ2) is 5.67. The number of piperidine rings is 1. The van der Waals surface area contributed by atoms with Crippen LogP contribution in [-0.4, -0.2) is 37.1 Å². The first-order chi connectivity index (χ1) is 8.49. The van der Waals surface area contributed by atoms with Gasteiger partial charge in [-0.25, -0.2) is 0 Å². The van der Waals surface area contributed by atoms with Crippen molar-refractivity contribution in [1.29, 1.82) is 0 Å². The van der Waals surface area contributed by atoms with Crippen molar-refractivity contribution in [1.82, 2.24) is 9.03 Å². The lowest BCUT2D eigenvalue weighted by molar-refractivity contribution is -0.120. The average Bonchev–Trinajstić information content (AvgIpc) is 2.32. The van der Waals surface area contributed by atoms with Crippen molar-refractivity contribution in [2.24, 2.45) is 0 Å². The van der Waals surface area contributed by atoms with E-state index in [2.05, 4.69) is 4.72 Å². The Kier molecular flexibility index (Phi) is 4.40. The van der Waals surface area contributed by atoms with E-state index < -0.39 is 10.2 Å². The largest absolute Gasteiger partial charge is 0.300 e. The van der Waals surface area contributed by atoms with Crippen LogP contribution in [0.3, 0.4) is 0 Å². The third kappa shape index (κ3) is 3.30. The molecule has 2 rings (SSSR count). The summed E-state index contributed by atoms with van der Waals surface area (Å²) in [5.74, 6) is 0.247. The van der Waals surface area contributed by atoms with Crippen LogP contribution >= 0.6 is 0 Å². The van der Waals surface area contributed by atoms with E-state index in [1.54, 1.807) is 4.31 Å². The minimum Gasteiger partial charge on any atom is -0.300 e. The fraction of sp³-hybridized carbons (Fsp3) is 0.917. The van der Waals surface area contributed by atoms with Crippen LogP contribution in [0.25, 0.3) is 0 Å². The van der Waals surface area contributed by atoms with Gasteiger partial charge in [0.05, 0.1) is 0 Å². The Morgan fingerprint density at radius 3 is 2.44 bits per heavy atom. The third-order valence-electron chi connectivity index (χ3n) is 3.91. The molecule has 0 aromatic heterocycles. The molecule has 1 heterocycles. The monoisotopic (exact) mass is 274 g/mol. The number of carbonyl (C=O) groups excluding carboxylic acids is 1. The first-order valence-electron chi connectivity index (χ1n) is 6.80. The maximum atomic E-state index is 12.3. The van der Waals surface area contributed by atoms with Gasteiger partial charge in [-0.15, -0.1) is 0 Å². The van der Waals surface area contributed by atoms with E-state index in [1.807, 2.05) is 6.92 Å². The van der Waals surface area contributed by atoms with Gasteiger partial charge in [0.2, 0.25) is 0 Å². The predicted molar refractivity (Wildman–Crippen MR) is 69.3 cm³/mol. The minimum absolute atomic E-state index is 0.0678. The van der Waals surface area contributed by atoms with Crippen molar-refractivity contribution in [2.45, 2.75) is 64.0 Å². The highest BCUT2D eigenvalue weighted by Crippen LogP contribution is 2.21. The summed E-state index contributed by atoms with van der Waals surface area (Å²) in [5, 5.41) is 0. The molecule has 2 fully saturated rings. The molecule has 0 amide bonds. The Morgan fingerprint density at radius 2 is 1.83 bits per heavy atom. The molecule has 1 aliphatic carbocycles. The first-order valence-corrected chi connectivity index (χ1v) is 8.24. The quantitative estimate of drug-likeness (QED) is 0.841. The van der Waals surface area contributed by atoms with Gasteiger partial charge in [0.25, 0.3) is 10.2 Å². The Hall–Kier alpha value is -0.460. The average molecular weight is 274 g/mol. The van der Waals surface area contributed by atoms with Gasteiger partial charge < -0.3 is 0 Å². The summed E-state index contributed by atoms with van der Waals surface area (Å²) < 4.78 is 28.9. The second-order valence-electron chi connectivity index (χ2n) is 5.39. The lowest BCUT2D eigenvalue weighted by atomic mass is 9.95. The molecule has 6 heteroatoms. The zero-order chi connectivity index (χ0) is 13.2. The van der Waals surface area contributed by atoms with Crippen LogP contribution in [0.1, 0.15) is 51.9 Å². The summed E-state index contributed by atoms with van der Waals surface area (Å²) >= 11 is 0. The molecule has 1 saturated heterocycles. The molecular formula is C12H22N2O3S. The number of nitrogens with one attached hydrogen (secondary N) is 1. The maximum Gasteiger partial charge on any atom is 0.279 e. The van der Waals surface area contributed by atoms with Gasteiger partial charge in [-0.2, -0.15) is 17.4 Å². The van der Waals surface area contributed by atoms with Crippen molar-refractivity contribution in [3.05, 3.63) is 0 Å². The van der Waals surface area contributed by atoms with E-state index in [9.17, 15) is 13.2 Å². The van der Waals surface area contributed by atoms with Crippen molar-refractivity contribution >= 4 is 16.0 Å². The van der Waals surface area contributed by atoms with Gasteiger partial charge in [-0.05, 0) is 32.6 Å². The standard InChI is InChI=1S/C12H22N2O3S/c1-10-4-2-3-9-14(10)18(16,17)13-11-5-7-12(15)8-6-11/h10-11,13H,2-9H2,1H3. The maximum absolute atomic E-state index is 12.3. The molecule has 1 aliphatic heterocycles. The highest BCUT2D eigenvalue weighted by Gasteiger charge is 2.32. The van der Waals surface area contributed by atoms with E-state index >= 15 is 0 Å². The van der Waals surface area contributed by atoms with Gasteiger partial charge in [0.1, 0.15) is 5.78 Å². The smallest absolute Gasteiger partial charge is 0.279 e. The summed E-state index contributed by atoms with van der Waals surface area (Å²) in [4.78, 5) is 11.1. The zero-order valence-electron chi connectivity index (χ0n) is 10.9. The van der Waals surface area contributed by atoms with E-state index in [0.29, 0.717) is 32.2 Å². The third-order valence-corrected chi connectivity index (χ3v) is 5.70. The lowest BCUT2D eigenvalue weighted by Crippen LogP contribution is -2.51. The van der Waals surface area contributed by atoms with Crippen molar-refractivity contribution in [3.8, 4) is 0 Å². The molecular weight excluding hydrogens is 252 g/mol. The topological polar surface area (TPSA) is 66.5 Å². The highest BCUT2D eigenvalue weighted by atomic mass is 32.2. The molecule has 0 bridgehead atoms. The molecule has 5 nitrogen and oxygen atoms in total. The molecule has 104 valence electrons. The number of hydrogen-bond acceptors (Lipinski definition) is 3. The van der Waals surface area contributed by atoms with Gasteiger partial charge in [-0.1, -0.05) is 6.42 Å². The lowest BCUT2D eigenvalue weighted by Gasteiger charge is -2.34. The van der Waals surface area contributed by atoms with Crippen LogP contribution in [0.4, 0.5) is 0 Å². The molecule has 0 aromatic rings. The van der Waals surface area contributed by atoms with Crippen LogP contribution in [0, 0.1) is 0 Å². The fourth-order valence-corrected chi connectivity index (χ4v) is 4.51. The number of hydrogen-bond donors (Lipinski definition) is 1. The Balaban J connectivity index is 1.96. The molecule has 0 aromatic carbocycles. The number of nitrogens with zero attached hydrogens (tertiary/aromatic N) is 1. The summed E-state index contributed by atoms with van der Waals surface area (Å²) in [6, 6.07) is 0.0169. The zero-order valence-corrected chi connectivity index (χ0v) is 11.7. The molecule has 18 heavy (non-hydrogen) atoms. The minimum atomic E-state index is -3.38. The Bertz CT molecular complexity index is 398. The van der Waals surface area contributed by atoms with Gasteiger partial charge in [0, 0.05) is 31.5 Å². The van der Waals surface area contributed by atoms with Gasteiger partial charge >= 0.3 is 0 Å². The van der Waals surface area contributed by atoms with Crippen LogP contribution in [0.15, 0.2) is 0 Å². The van der Waals surface area contributed by atoms with Crippen LogP contribution in [0.2, 0.25) is 0 Å². The normalized spacial score (nSPS) is 28.5. The van der Waals surface area contributed by atoms with E-state index in [1.165, 1.54) is 0 Å². The van der Waals surface area contributed by atoms with Crippen molar-refractivity contribution in [3.63, 3.8) is 0 Å². The highest BCUT2D eigenvalue weighted by molar-refractivity contribution is 7.87. The molecule has 1 saturated carbocycles. The Morgan fingerprint density at radius 1 is 1.17 bits per heavy atom. The Labute approximate surface area is 109 Å². The van der Waals surface area contributed by atoms with E-state index in [-0.39, 0.29) is 17.9 Å². The van der Waals surface area contributed by atoms with E-state index in [0.717, 1.165) is 19.3 Å². The number of rotatable bonds is 3.